The number of hydrogen-bond donors (Lipinski definition) is 2. The Bertz CT molecular complexity index is 391. The van der Waals surface area contributed by atoms with Crippen molar-refractivity contribution in [2.24, 2.45) is 4.99 Å². The average molecular weight is 438 g/mol. The van der Waals surface area contributed by atoms with Gasteiger partial charge in [-0.15, -0.1) is 24.0 Å². The zero-order valence-corrected chi connectivity index (χ0v) is 17.4. The molecule has 0 aromatic carbocycles. The first-order valence-corrected chi connectivity index (χ1v) is 8.91. The number of unbranched alkanes of at least 4 members (excludes halogenated alkanes) is 1. The minimum absolute atomic E-state index is 0. The summed E-state index contributed by atoms with van der Waals surface area (Å²) in [6, 6.07) is 2.62. The summed E-state index contributed by atoms with van der Waals surface area (Å²) in [4.78, 5) is 6.78. The van der Waals surface area contributed by atoms with Crippen LogP contribution in [0, 0.1) is 0 Å². The topological polar surface area (TPSA) is 39.7 Å². The maximum atomic E-state index is 4.30. The first-order valence-electron chi connectivity index (χ1n) is 7.97. The number of aliphatic imine (C=N–C) groups is 1. The van der Waals surface area contributed by atoms with E-state index in [-0.39, 0.29) is 24.0 Å². The minimum atomic E-state index is 0. The number of hydrogen-bond acceptors (Lipinski definition) is 3. The summed E-state index contributed by atoms with van der Waals surface area (Å²) in [5, 5.41) is 11.2. The highest BCUT2D eigenvalue weighted by molar-refractivity contribution is 14.0. The molecule has 6 heteroatoms. The van der Waals surface area contributed by atoms with E-state index in [0.717, 1.165) is 32.1 Å². The quantitative estimate of drug-likeness (QED) is 0.267. The van der Waals surface area contributed by atoms with Gasteiger partial charge in [0.2, 0.25) is 0 Å². The maximum absolute atomic E-state index is 4.30. The summed E-state index contributed by atoms with van der Waals surface area (Å²) >= 11 is 1.76. The van der Waals surface area contributed by atoms with Crippen LogP contribution < -0.4 is 10.6 Å². The van der Waals surface area contributed by atoms with E-state index in [9.17, 15) is 0 Å². The zero-order chi connectivity index (χ0) is 15.5. The molecule has 0 bridgehead atoms. The van der Waals surface area contributed by atoms with Crippen molar-refractivity contribution in [3.63, 3.8) is 0 Å². The lowest BCUT2D eigenvalue weighted by molar-refractivity contribution is 0.219. The van der Waals surface area contributed by atoms with Crippen LogP contribution >= 0.6 is 35.3 Å². The van der Waals surface area contributed by atoms with Crippen LogP contribution in [0.4, 0.5) is 0 Å². The lowest BCUT2D eigenvalue weighted by Crippen LogP contribution is -2.43. The Morgan fingerprint density at radius 2 is 2.00 bits per heavy atom. The third-order valence-corrected chi connectivity index (χ3v) is 4.39. The fraction of sp³-hybridized carbons (Fsp3) is 0.688. The van der Waals surface area contributed by atoms with Gasteiger partial charge in [0.05, 0.1) is 6.04 Å². The average Bonchev–Trinajstić information content (AvgIpc) is 3.03. The van der Waals surface area contributed by atoms with Gasteiger partial charge in [-0.05, 0) is 41.9 Å². The molecule has 1 rings (SSSR count). The predicted molar refractivity (Wildman–Crippen MR) is 110 cm³/mol. The van der Waals surface area contributed by atoms with Gasteiger partial charge in [-0.2, -0.15) is 11.3 Å². The molecule has 0 aliphatic rings. The molecule has 1 aromatic heterocycles. The molecule has 1 aromatic rings. The Labute approximate surface area is 156 Å². The van der Waals surface area contributed by atoms with Crippen molar-refractivity contribution >= 4 is 41.3 Å². The fourth-order valence-corrected chi connectivity index (χ4v) is 3.09. The minimum Gasteiger partial charge on any atom is -0.356 e. The number of rotatable bonds is 9. The molecular weight excluding hydrogens is 407 g/mol. The van der Waals surface area contributed by atoms with Crippen molar-refractivity contribution < 1.29 is 0 Å². The van der Waals surface area contributed by atoms with Gasteiger partial charge in [0.15, 0.2) is 5.96 Å². The lowest BCUT2D eigenvalue weighted by atomic mass is 10.1. The van der Waals surface area contributed by atoms with Crippen LogP contribution in [-0.2, 0) is 0 Å². The van der Waals surface area contributed by atoms with E-state index >= 15 is 0 Å². The van der Waals surface area contributed by atoms with E-state index in [1.165, 1.54) is 18.4 Å². The summed E-state index contributed by atoms with van der Waals surface area (Å²) in [6.07, 6.45) is 2.37. The number of nitrogens with one attached hydrogen (secondary N) is 2. The van der Waals surface area contributed by atoms with Gasteiger partial charge in [-0.1, -0.05) is 27.2 Å². The van der Waals surface area contributed by atoms with Crippen LogP contribution in [0.25, 0.3) is 0 Å². The second-order valence-electron chi connectivity index (χ2n) is 5.03. The molecule has 4 nitrogen and oxygen atoms in total. The Kier molecular flexibility index (Phi) is 12.9. The monoisotopic (exact) mass is 438 g/mol. The van der Waals surface area contributed by atoms with Crippen LogP contribution in [0.3, 0.4) is 0 Å². The van der Waals surface area contributed by atoms with E-state index in [0.29, 0.717) is 6.04 Å². The van der Waals surface area contributed by atoms with Gasteiger partial charge >= 0.3 is 0 Å². The molecule has 0 spiro atoms. The lowest BCUT2D eigenvalue weighted by Gasteiger charge is -2.30. The van der Waals surface area contributed by atoms with Crippen LogP contribution in [0.2, 0.25) is 0 Å². The second kappa shape index (κ2) is 13.1. The standard InChI is InChI=1S/C16H30N4S.HI/c1-5-8-10-18-16(17-4)19-12-15(20(6-2)7-3)14-9-11-21-13-14;/h9,11,13,15H,5-8,10,12H2,1-4H3,(H2,17,18,19);1H. The SMILES string of the molecule is CCCCNC(=NC)NCC(c1ccsc1)N(CC)CC.I. The summed E-state index contributed by atoms with van der Waals surface area (Å²) in [5.74, 6) is 0.899. The zero-order valence-electron chi connectivity index (χ0n) is 14.3. The third kappa shape index (κ3) is 7.28. The van der Waals surface area contributed by atoms with Gasteiger partial charge in [-0.25, -0.2) is 0 Å². The van der Waals surface area contributed by atoms with Crippen molar-refractivity contribution in [2.75, 3.05) is 33.2 Å². The molecule has 22 heavy (non-hydrogen) atoms. The van der Waals surface area contributed by atoms with Crippen LogP contribution in [0.5, 0.6) is 0 Å². The predicted octanol–water partition coefficient (Wildman–Crippen LogP) is 3.71. The smallest absolute Gasteiger partial charge is 0.191 e. The van der Waals surface area contributed by atoms with E-state index in [1.54, 1.807) is 11.3 Å². The molecular formula is C16H31IN4S. The van der Waals surface area contributed by atoms with E-state index in [2.05, 4.69) is 58.1 Å². The first-order chi connectivity index (χ1) is 10.3. The number of guanidine groups is 1. The van der Waals surface area contributed by atoms with Crippen molar-refractivity contribution in [3.8, 4) is 0 Å². The fourth-order valence-electron chi connectivity index (χ4n) is 2.38. The number of nitrogens with zero attached hydrogens (tertiary/aromatic N) is 2. The molecule has 0 saturated carbocycles. The summed E-state index contributed by atoms with van der Waals surface area (Å²) < 4.78 is 0. The summed E-state index contributed by atoms with van der Waals surface area (Å²) in [7, 11) is 1.83. The van der Waals surface area contributed by atoms with Crippen molar-refractivity contribution in [2.45, 2.75) is 39.7 Å². The van der Waals surface area contributed by atoms with Crippen molar-refractivity contribution in [3.05, 3.63) is 22.4 Å². The van der Waals surface area contributed by atoms with Crippen LogP contribution in [0.1, 0.15) is 45.2 Å². The molecule has 1 heterocycles. The Morgan fingerprint density at radius 3 is 2.50 bits per heavy atom. The van der Waals surface area contributed by atoms with Crippen molar-refractivity contribution in [1.82, 2.24) is 15.5 Å². The molecule has 128 valence electrons. The highest BCUT2D eigenvalue weighted by atomic mass is 127. The third-order valence-electron chi connectivity index (χ3n) is 3.69. The maximum Gasteiger partial charge on any atom is 0.191 e. The summed E-state index contributed by atoms with van der Waals surface area (Å²) in [5.41, 5.74) is 1.39. The molecule has 0 fully saturated rings. The van der Waals surface area contributed by atoms with Crippen molar-refractivity contribution in [1.29, 1.82) is 0 Å². The number of thiophene rings is 1. The highest BCUT2D eigenvalue weighted by Gasteiger charge is 2.18. The largest absolute Gasteiger partial charge is 0.356 e. The van der Waals surface area contributed by atoms with Gasteiger partial charge in [0.1, 0.15) is 0 Å². The summed E-state index contributed by atoms with van der Waals surface area (Å²) in [6.45, 7) is 10.6. The highest BCUT2D eigenvalue weighted by Crippen LogP contribution is 2.22. The number of halogens is 1. The molecule has 1 atom stereocenters. The van der Waals surface area contributed by atoms with Gasteiger partial charge in [-0.3, -0.25) is 9.89 Å². The Balaban J connectivity index is 0.00000441. The molecule has 0 aliphatic carbocycles. The molecule has 0 saturated heterocycles. The molecule has 0 aliphatic heterocycles. The Morgan fingerprint density at radius 1 is 1.27 bits per heavy atom. The molecule has 0 amide bonds. The van der Waals surface area contributed by atoms with Crippen LogP contribution in [0.15, 0.2) is 21.8 Å². The normalized spacial score (nSPS) is 12.9. The number of likely N-dealkylation sites (N-methyl/N-ethyl adjacent to an activating group) is 1. The molecule has 1 unspecified atom stereocenters. The van der Waals surface area contributed by atoms with Gasteiger partial charge in [0.25, 0.3) is 0 Å². The molecule has 0 radical (unpaired) electrons. The first kappa shape index (κ1) is 21.7. The van der Waals surface area contributed by atoms with E-state index in [1.807, 2.05) is 7.05 Å². The Hall–Kier alpha value is -0.340. The van der Waals surface area contributed by atoms with E-state index < -0.39 is 0 Å². The second-order valence-corrected chi connectivity index (χ2v) is 5.81. The van der Waals surface area contributed by atoms with Gasteiger partial charge < -0.3 is 10.6 Å². The molecule has 2 N–H and O–H groups in total. The van der Waals surface area contributed by atoms with Gasteiger partial charge in [0, 0.05) is 20.1 Å². The van der Waals surface area contributed by atoms with Crippen LogP contribution in [-0.4, -0.2) is 44.1 Å². The van der Waals surface area contributed by atoms with E-state index in [4.69, 9.17) is 0 Å².